The third-order valence-corrected chi connectivity index (χ3v) is 1.21. The second-order valence-electron chi connectivity index (χ2n) is 1.43. The van der Waals surface area contributed by atoms with Gasteiger partial charge in [-0.25, -0.2) is 0 Å². The van der Waals surface area contributed by atoms with E-state index in [0.29, 0.717) is 5.71 Å². The van der Waals surface area contributed by atoms with Crippen molar-refractivity contribution in [3.8, 4) is 0 Å². The van der Waals surface area contributed by atoms with Crippen LogP contribution < -0.4 is 5.32 Å². The lowest BCUT2D eigenvalue weighted by Gasteiger charge is -1.92. The highest BCUT2D eigenvalue weighted by Gasteiger charge is 1.82. The Kier molecular flexibility index (Phi) is 3.52. The number of hydrogen-bond acceptors (Lipinski definition) is 2. The van der Waals surface area contributed by atoms with Crippen LogP contribution in [0.2, 0.25) is 0 Å². The van der Waals surface area contributed by atoms with Crippen molar-refractivity contribution in [2.45, 2.75) is 6.92 Å². The van der Waals surface area contributed by atoms with Crippen LogP contribution in [0.15, 0.2) is 10.7 Å². The third-order valence-electron chi connectivity index (χ3n) is 0.582. The summed E-state index contributed by atoms with van der Waals surface area (Å²) in [4.78, 5) is 0. The van der Waals surface area contributed by atoms with Crippen molar-refractivity contribution >= 4 is 21.6 Å². The van der Waals surface area contributed by atoms with E-state index in [4.69, 9.17) is 5.41 Å². The third kappa shape index (κ3) is 3.87. The van der Waals surface area contributed by atoms with Crippen molar-refractivity contribution in [1.29, 1.82) is 5.41 Å². The lowest BCUT2D eigenvalue weighted by molar-refractivity contribution is 1.09. The molecule has 2 nitrogen and oxygen atoms in total. The second-order valence-corrected chi connectivity index (χ2v) is 2.28. The highest BCUT2D eigenvalue weighted by atomic mass is 79.9. The van der Waals surface area contributed by atoms with Gasteiger partial charge < -0.3 is 10.7 Å². The second kappa shape index (κ2) is 3.66. The molecule has 0 saturated carbocycles. The number of nitrogens with one attached hydrogen (secondary N) is 2. The molecule has 0 aliphatic rings. The molecule has 0 aliphatic carbocycles. The number of halogens is 1. The number of allylic oxidation sites excluding steroid dienone is 1. The van der Waals surface area contributed by atoms with Crippen molar-refractivity contribution in [3.05, 3.63) is 10.7 Å². The average Bonchev–Trinajstić information content (AvgIpc) is 1.65. The summed E-state index contributed by atoms with van der Waals surface area (Å²) in [7, 11) is 1.80. The molecule has 0 bridgehead atoms. The summed E-state index contributed by atoms with van der Waals surface area (Å²) in [5, 5.41) is 9.81. The molecular weight excluding hydrogens is 168 g/mol. The van der Waals surface area contributed by atoms with E-state index < -0.39 is 0 Å². The van der Waals surface area contributed by atoms with Crippen LogP contribution in [0.1, 0.15) is 6.92 Å². The van der Waals surface area contributed by atoms with Crippen LogP contribution in [-0.2, 0) is 0 Å². The highest BCUT2D eigenvalue weighted by Crippen LogP contribution is 1.96. The normalized spacial score (nSPS) is 11.1. The summed E-state index contributed by atoms with van der Waals surface area (Å²) in [6.45, 7) is 1.72. The van der Waals surface area contributed by atoms with Crippen molar-refractivity contribution in [3.63, 3.8) is 0 Å². The van der Waals surface area contributed by atoms with Crippen LogP contribution in [0.5, 0.6) is 0 Å². The zero-order valence-corrected chi connectivity index (χ0v) is 6.54. The summed E-state index contributed by atoms with van der Waals surface area (Å²) in [5.74, 6) is 0. The molecule has 0 aliphatic heterocycles. The van der Waals surface area contributed by atoms with Gasteiger partial charge in [-0.2, -0.15) is 0 Å². The lowest BCUT2D eigenvalue weighted by atomic mass is 10.4. The molecule has 0 heterocycles. The number of rotatable bonds is 2. The van der Waals surface area contributed by atoms with E-state index in [1.54, 1.807) is 20.0 Å². The molecule has 0 fully saturated rings. The van der Waals surface area contributed by atoms with Gasteiger partial charge >= 0.3 is 0 Å². The van der Waals surface area contributed by atoms with Crippen molar-refractivity contribution in [2.24, 2.45) is 0 Å². The van der Waals surface area contributed by atoms with Crippen LogP contribution in [0.4, 0.5) is 0 Å². The smallest absolute Gasteiger partial charge is 0.0795 e. The molecule has 8 heavy (non-hydrogen) atoms. The molecule has 2 N–H and O–H groups in total. The van der Waals surface area contributed by atoms with Gasteiger partial charge in [-0.05, 0) is 28.9 Å². The molecule has 0 unspecified atom stereocenters. The largest absolute Gasteiger partial charge is 0.382 e. The Bertz CT molecular complexity index is 118. The van der Waals surface area contributed by atoms with Gasteiger partial charge in [-0.1, -0.05) is 0 Å². The van der Waals surface area contributed by atoms with Crippen LogP contribution in [-0.4, -0.2) is 12.8 Å². The SMILES string of the molecule is CN/C(Br)=C\C(C)=N. The van der Waals surface area contributed by atoms with E-state index in [0.717, 1.165) is 4.61 Å². The summed E-state index contributed by atoms with van der Waals surface area (Å²) in [6, 6.07) is 0. The first kappa shape index (κ1) is 7.69. The summed E-state index contributed by atoms with van der Waals surface area (Å²) in [5.41, 5.74) is 0.534. The molecular formula is C5H9BrN2. The Morgan fingerprint density at radius 3 is 2.38 bits per heavy atom. The van der Waals surface area contributed by atoms with E-state index in [2.05, 4.69) is 21.2 Å². The van der Waals surface area contributed by atoms with Gasteiger partial charge in [0.05, 0.1) is 4.61 Å². The van der Waals surface area contributed by atoms with E-state index in [9.17, 15) is 0 Å². The van der Waals surface area contributed by atoms with Crippen molar-refractivity contribution in [2.75, 3.05) is 7.05 Å². The molecule has 46 valence electrons. The molecule has 0 aromatic carbocycles. The maximum atomic E-state index is 6.98. The summed E-state index contributed by atoms with van der Waals surface area (Å²) < 4.78 is 0.838. The van der Waals surface area contributed by atoms with Gasteiger partial charge in [-0.3, -0.25) is 0 Å². The lowest BCUT2D eigenvalue weighted by Crippen LogP contribution is -2.00. The minimum atomic E-state index is 0.534. The van der Waals surface area contributed by atoms with Gasteiger partial charge in [0.1, 0.15) is 0 Å². The Labute approximate surface area is 57.6 Å². The predicted molar refractivity (Wildman–Crippen MR) is 39.5 cm³/mol. The zero-order chi connectivity index (χ0) is 6.57. The van der Waals surface area contributed by atoms with Gasteiger partial charge in [0.2, 0.25) is 0 Å². The first-order valence-corrected chi connectivity index (χ1v) is 3.06. The fraction of sp³-hybridized carbons (Fsp3) is 0.400. The summed E-state index contributed by atoms with van der Waals surface area (Å²) >= 11 is 3.19. The van der Waals surface area contributed by atoms with E-state index in [1.165, 1.54) is 0 Å². The molecule has 0 amide bonds. The molecule has 0 rings (SSSR count). The molecule has 0 atom stereocenters. The zero-order valence-electron chi connectivity index (χ0n) is 4.96. The first-order chi connectivity index (χ1) is 3.66. The Hall–Kier alpha value is -0.310. The van der Waals surface area contributed by atoms with E-state index >= 15 is 0 Å². The molecule has 0 radical (unpaired) electrons. The van der Waals surface area contributed by atoms with Crippen LogP contribution in [0, 0.1) is 5.41 Å². The van der Waals surface area contributed by atoms with Gasteiger partial charge in [0.25, 0.3) is 0 Å². The van der Waals surface area contributed by atoms with Gasteiger partial charge in [0.15, 0.2) is 0 Å². The predicted octanol–water partition coefficient (Wildman–Crippen LogP) is 1.48. The minimum absolute atomic E-state index is 0.534. The fourth-order valence-corrected chi connectivity index (χ4v) is 0.606. The van der Waals surface area contributed by atoms with Crippen LogP contribution >= 0.6 is 15.9 Å². The molecule has 3 heteroatoms. The van der Waals surface area contributed by atoms with Gasteiger partial charge in [0, 0.05) is 12.8 Å². The van der Waals surface area contributed by atoms with Crippen LogP contribution in [0.3, 0.4) is 0 Å². The van der Waals surface area contributed by atoms with E-state index in [1.807, 2.05) is 0 Å². The Morgan fingerprint density at radius 2 is 2.25 bits per heavy atom. The standard InChI is InChI=1S/C5H9BrN2/c1-4(7)3-5(6)8-2/h3,7-8H,1-2H3/b5-3-,7-4?. The summed E-state index contributed by atoms with van der Waals surface area (Å²) in [6.07, 6.45) is 1.69. The topological polar surface area (TPSA) is 35.9 Å². The fourth-order valence-electron chi connectivity index (χ4n) is 0.262. The van der Waals surface area contributed by atoms with Crippen LogP contribution in [0.25, 0.3) is 0 Å². The first-order valence-electron chi connectivity index (χ1n) is 2.27. The highest BCUT2D eigenvalue weighted by molar-refractivity contribution is 9.11. The van der Waals surface area contributed by atoms with Crippen molar-refractivity contribution < 1.29 is 0 Å². The molecule has 0 aromatic heterocycles. The van der Waals surface area contributed by atoms with Crippen molar-refractivity contribution in [1.82, 2.24) is 5.32 Å². The number of hydrogen-bond donors (Lipinski definition) is 2. The monoisotopic (exact) mass is 176 g/mol. The molecule has 0 aromatic rings. The quantitative estimate of drug-likeness (QED) is 0.486. The Morgan fingerprint density at radius 1 is 1.75 bits per heavy atom. The molecule has 0 spiro atoms. The average molecular weight is 177 g/mol. The molecule has 0 saturated heterocycles. The van der Waals surface area contributed by atoms with Gasteiger partial charge in [-0.15, -0.1) is 0 Å². The minimum Gasteiger partial charge on any atom is -0.382 e. The maximum absolute atomic E-state index is 6.98. The Balaban J connectivity index is 3.75. The van der Waals surface area contributed by atoms with E-state index in [-0.39, 0.29) is 0 Å². The maximum Gasteiger partial charge on any atom is 0.0795 e.